The first-order chi connectivity index (χ1) is 5.72. The van der Waals surface area contributed by atoms with Crippen LogP contribution in [0.5, 0.6) is 0 Å². The smallest absolute Gasteiger partial charge is 0.222 e. The van der Waals surface area contributed by atoms with Gasteiger partial charge in [-0.05, 0) is 0 Å². The van der Waals surface area contributed by atoms with Gasteiger partial charge < -0.3 is 9.64 Å². The third-order valence-corrected chi connectivity index (χ3v) is 1.36. The molecule has 0 aromatic heterocycles. The largest absolute Gasteiger partial charge is 0.383 e. The molecule has 0 aliphatic heterocycles. The molecule has 3 heteroatoms. The monoisotopic (exact) mass is 175 g/mol. The molecule has 0 bridgehead atoms. The first-order valence-corrected chi connectivity index (χ1v) is 4.45. The number of hydrogen-bond acceptors (Lipinski definition) is 2. The van der Waals surface area contributed by atoms with Crippen LogP contribution in [0, 0.1) is 0 Å². The Bertz CT molecular complexity index is 105. The minimum Gasteiger partial charge on any atom is -0.383 e. The summed E-state index contributed by atoms with van der Waals surface area (Å²) in [6, 6.07) is 0. The maximum absolute atomic E-state index is 10.9. The average Bonchev–Trinajstić information content (AvgIpc) is 2.16. The fourth-order valence-electron chi connectivity index (χ4n) is 0.623. The van der Waals surface area contributed by atoms with Crippen LogP contribution in [-0.4, -0.2) is 38.1 Å². The Morgan fingerprint density at radius 3 is 2.25 bits per heavy atom. The van der Waals surface area contributed by atoms with Crippen molar-refractivity contribution < 1.29 is 9.53 Å². The van der Waals surface area contributed by atoms with Gasteiger partial charge in [0.05, 0.1) is 6.61 Å². The summed E-state index contributed by atoms with van der Waals surface area (Å²) >= 11 is 0. The molecule has 0 rings (SSSR count). The van der Waals surface area contributed by atoms with E-state index in [4.69, 9.17) is 4.74 Å². The lowest BCUT2D eigenvalue weighted by Gasteiger charge is -2.14. The molecule has 0 aromatic carbocycles. The number of nitrogens with zero attached hydrogens (tertiary/aromatic N) is 1. The Labute approximate surface area is 75.7 Å². The van der Waals surface area contributed by atoms with Crippen molar-refractivity contribution >= 4 is 5.91 Å². The normalized spacial score (nSPS) is 8.42. The molecule has 0 heterocycles. The van der Waals surface area contributed by atoms with Crippen molar-refractivity contribution in [2.75, 3.05) is 27.3 Å². The molecule has 0 radical (unpaired) electrons. The molecule has 0 aliphatic rings. The molecule has 0 aliphatic carbocycles. The van der Waals surface area contributed by atoms with Crippen LogP contribution < -0.4 is 0 Å². The van der Waals surface area contributed by atoms with Gasteiger partial charge in [0.1, 0.15) is 0 Å². The van der Waals surface area contributed by atoms with E-state index in [-0.39, 0.29) is 5.91 Å². The van der Waals surface area contributed by atoms with E-state index in [1.165, 1.54) is 0 Å². The van der Waals surface area contributed by atoms with Crippen LogP contribution in [0.3, 0.4) is 0 Å². The van der Waals surface area contributed by atoms with Crippen LogP contribution in [0.4, 0.5) is 0 Å². The topological polar surface area (TPSA) is 29.5 Å². The van der Waals surface area contributed by atoms with Gasteiger partial charge in [0.2, 0.25) is 5.91 Å². The van der Waals surface area contributed by atoms with Crippen molar-refractivity contribution in [3.8, 4) is 0 Å². The third-order valence-electron chi connectivity index (χ3n) is 1.36. The molecule has 1 amide bonds. The van der Waals surface area contributed by atoms with Crippen molar-refractivity contribution in [1.82, 2.24) is 4.90 Å². The van der Waals surface area contributed by atoms with Crippen LogP contribution in [0.1, 0.15) is 27.2 Å². The lowest BCUT2D eigenvalue weighted by atomic mass is 10.4. The van der Waals surface area contributed by atoms with Gasteiger partial charge in [0.15, 0.2) is 0 Å². The van der Waals surface area contributed by atoms with Gasteiger partial charge in [0.25, 0.3) is 0 Å². The maximum Gasteiger partial charge on any atom is 0.222 e. The zero-order chi connectivity index (χ0) is 9.98. The highest BCUT2D eigenvalue weighted by atomic mass is 16.5. The molecule has 0 unspecified atom stereocenters. The summed E-state index contributed by atoms with van der Waals surface area (Å²) in [5, 5.41) is 0. The van der Waals surface area contributed by atoms with Crippen molar-refractivity contribution in [2.45, 2.75) is 27.2 Å². The Morgan fingerprint density at radius 1 is 1.42 bits per heavy atom. The van der Waals surface area contributed by atoms with Crippen LogP contribution in [0.25, 0.3) is 0 Å². The maximum atomic E-state index is 10.9. The number of carbonyl (C=O) groups is 1. The molecule has 0 saturated carbocycles. The molecule has 0 aromatic rings. The number of likely N-dealkylation sites (N-methyl/N-ethyl adjacent to an activating group) is 1. The highest BCUT2D eigenvalue weighted by Gasteiger charge is 2.03. The molecular formula is C9H21NO2. The summed E-state index contributed by atoms with van der Waals surface area (Å²) in [4.78, 5) is 12.6. The van der Waals surface area contributed by atoms with E-state index < -0.39 is 0 Å². The van der Waals surface area contributed by atoms with Crippen molar-refractivity contribution in [3.05, 3.63) is 0 Å². The van der Waals surface area contributed by atoms with Gasteiger partial charge >= 0.3 is 0 Å². The highest BCUT2D eigenvalue weighted by Crippen LogP contribution is 1.88. The molecule has 0 spiro atoms. The molecule has 0 atom stereocenters. The molecule has 74 valence electrons. The Balaban J connectivity index is 0. The minimum absolute atomic E-state index is 0.164. The second-order valence-corrected chi connectivity index (χ2v) is 2.16. The van der Waals surface area contributed by atoms with Crippen LogP contribution in [0.15, 0.2) is 0 Å². The number of amides is 1. The van der Waals surface area contributed by atoms with Gasteiger partial charge in [-0.3, -0.25) is 4.79 Å². The van der Waals surface area contributed by atoms with Crippen molar-refractivity contribution in [1.29, 1.82) is 0 Å². The highest BCUT2D eigenvalue weighted by molar-refractivity contribution is 5.75. The predicted octanol–water partition coefficient (Wildman–Crippen LogP) is 1.53. The summed E-state index contributed by atoms with van der Waals surface area (Å²) in [5.74, 6) is 0.164. The first-order valence-electron chi connectivity index (χ1n) is 4.45. The summed E-state index contributed by atoms with van der Waals surface area (Å²) in [7, 11) is 3.41. The Kier molecular flexibility index (Phi) is 12.2. The fourth-order valence-corrected chi connectivity index (χ4v) is 0.623. The standard InChI is InChI=1S/C7H15NO2.C2H6/c1-4-7(9)8(2)5-6-10-3;1-2/h4-6H2,1-3H3;1-2H3. The third kappa shape index (κ3) is 7.54. The van der Waals surface area contributed by atoms with Crippen molar-refractivity contribution in [3.63, 3.8) is 0 Å². The van der Waals surface area contributed by atoms with E-state index in [9.17, 15) is 4.79 Å². The van der Waals surface area contributed by atoms with Gasteiger partial charge in [0, 0.05) is 27.1 Å². The van der Waals surface area contributed by atoms with Gasteiger partial charge in [-0.25, -0.2) is 0 Å². The average molecular weight is 175 g/mol. The summed E-state index contributed by atoms with van der Waals surface area (Å²) < 4.78 is 4.81. The Hall–Kier alpha value is -0.570. The number of hydrogen-bond donors (Lipinski definition) is 0. The number of rotatable bonds is 4. The molecule has 0 saturated heterocycles. The number of carbonyl (C=O) groups excluding carboxylic acids is 1. The van der Waals surface area contributed by atoms with Crippen LogP contribution in [-0.2, 0) is 9.53 Å². The van der Waals surface area contributed by atoms with E-state index in [0.717, 1.165) is 0 Å². The Morgan fingerprint density at radius 2 is 1.92 bits per heavy atom. The number of ether oxygens (including phenoxy) is 1. The minimum atomic E-state index is 0.164. The summed E-state index contributed by atoms with van der Waals surface area (Å²) in [6.45, 7) is 7.15. The van der Waals surface area contributed by atoms with E-state index in [1.807, 2.05) is 20.8 Å². The molecule has 0 fully saturated rings. The van der Waals surface area contributed by atoms with Gasteiger partial charge in [-0.15, -0.1) is 0 Å². The second kappa shape index (κ2) is 10.4. The molecule has 12 heavy (non-hydrogen) atoms. The van der Waals surface area contributed by atoms with Gasteiger partial charge in [-0.1, -0.05) is 20.8 Å². The van der Waals surface area contributed by atoms with E-state index in [1.54, 1.807) is 19.1 Å². The number of methoxy groups -OCH3 is 1. The first kappa shape index (κ1) is 14.0. The van der Waals surface area contributed by atoms with Gasteiger partial charge in [-0.2, -0.15) is 0 Å². The fraction of sp³-hybridized carbons (Fsp3) is 0.889. The lowest BCUT2D eigenvalue weighted by molar-refractivity contribution is -0.130. The van der Waals surface area contributed by atoms with Crippen LogP contribution in [0.2, 0.25) is 0 Å². The second-order valence-electron chi connectivity index (χ2n) is 2.16. The summed E-state index contributed by atoms with van der Waals surface area (Å²) in [6.07, 6.45) is 0.570. The molecular weight excluding hydrogens is 154 g/mol. The zero-order valence-electron chi connectivity index (χ0n) is 8.89. The predicted molar refractivity (Wildman–Crippen MR) is 51.2 cm³/mol. The zero-order valence-corrected chi connectivity index (χ0v) is 8.89. The van der Waals surface area contributed by atoms with E-state index in [0.29, 0.717) is 19.6 Å². The summed E-state index contributed by atoms with van der Waals surface area (Å²) in [5.41, 5.74) is 0. The quantitative estimate of drug-likeness (QED) is 0.648. The SMILES string of the molecule is CC.CCC(=O)N(C)CCOC. The van der Waals surface area contributed by atoms with E-state index in [2.05, 4.69) is 0 Å². The molecule has 0 N–H and O–H groups in total. The van der Waals surface area contributed by atoms with Crippen molar-refractivity contribution in [2.24, 2.45) is 0 Å². The lowest BCUT2D eigenvalue weighted by Crippen LogP contribution is -2.28. The molecule has 3 nitrogen and oxygen atoms in total. The van der Waals surface area contributed by atoms with E-state index >= 15 is 0 Å². The van der Waals surface area contributed by atoms with Crippen LogP contribution >= 0.6 is 0 Å².